The number of hydrogen-bond donors (Lipinski definition) is 0. The zero-order chi connectivity index (χ0) is 16.0. The molecule has 1 aliphatic rings. The molecule has 0 atom stereocenters. The van der Waals surface area contributed by atoms with Gasteiger partial charge in [0.05, 0.1) is 10.9 Å². The topological polar surface area (TPSA) is 68.3 Å². The van der Waals surface area contributed by atoms with Crippen LogP contribution in [0.15, 0.2) is 23.3 Å². The van der Waals surface area contributed by atoms with Crippen LogP contribution in [0.5, 0.6) is 0 Å². The number of fused-ring (bicyclic) bond motifs is 3. The minimum Gasteiger partial charge on any atom is -0.316 e. The molecule has 23 heavy (non-hydrogen) atoms. The maximum absolute atomic E-state index is 12.5. The molecular formula is C16H20N6O. The average Bonchev–Trinajstić information content (AvgIpc) is 3.00. The summed E-state index contributed by atoms with van der Waals surface area (Å²) in [5, 5.41) is 6.95. The van der Waals surface area contributed by atoms with E-state index >= 15 is 0 Å². The Labute approximate surface area is 133 Å². The Kier molecular flexibility index (Phi) is 3.28. The van der Waals surface area contributed by atoms with E-state index in [4.69, 9.17) is 0 Å². The van der Waals surface area contributed by atoms with Gasteiger partial charge in [-0.25, -0.2) is 9.66 Å². The summed E-state index contributed by atoms with van der Waals surface area (Å²) >= 11 is 0. The van der Waals surface area contributed by atoms with Crippen LogP contribution in [-0.4, -0.2) is 38.4 Å². The van der Waals surface area contributed by atoms with Gasteiger partial charge in [0.2, 0.25) is 0 Å². The van der Waals surface area contributed by atoms with E-state index in [1.807, 2.05) is 20.2 Å². The van der Waals surface area contributed by atoms with Gasteiger partial charge in [-0.2, -0.15) is 9.50 Å². The second kappa shape index (κ2) is 5.33. The Morgan fingerprint density at radius 3 is 2.74 bits per heavy atom. The molecule has 0 saturated heterocycles. The Hall–Kier alpha value is -2.44. The lowest BCUT2D eigenvalue weighted by Crippen LogP contribution is -2.35. The monoisotopic (exact) mass is 312 g/mol. The highest BCUT2D eigenvalue weighted by Crippen LogP contribution is 2.30. The SMILES string of the molecule is CN(C)n1ccc2c(cnc3nc(C4CCCCC4)nn32)c1=O. The molecule has 7 nitrogen and oxygen atoms in total. The highest BCUT2D eigenvalue weighted by molar-refractivity contribution is 5.78. The molecule has 0 amide bonds. The first-order valence-corrected chi connectivity index (χ1v) is 8.10. The fraction of sp³-hybridized carbons (Fsp3) is 0.500. The number of rotatable bonds is 2. The fourth-order valence-corrected chi connectivity index (χ4v) is 3.37. The molecule has 7 heteroatoms. The van der Waals surface area contributed by atoms with Gasteiger partial charge in [-0.05, 0) is 18.9 Å². The molecule has 0 aliphatic heterocycles. The molecule has 120 valence electrons. The summed E-state index contributed by atoms with van der Waals surface area (Å²) < 4.78 is 3.26. The van der Waals surface area contributed by atoms with Crippen molar-refractivity contribution >= 4 is 16.7 Å². The molecule has 0 spiro atoms. The molecular weight excluding hydrogens is 292 g/mol. The first kappa shape index (κ1) is 14.2. The standard InChI is InChI=1S/C16H20N6O/c1-20(2)21-9-8-13-12(15(21)23)10-17-16-18-14(19-22(13)16)11-6-4-3-5-7-11/h8-11H,3-7H2,1-2H3. The van der Waals surface area contributed by atoms with Crippen LogP contribution >= 0.6 is 0 Å². The van der Waals surface area contributed by atoms with E-state index in [0.29, 0.717) is 17.1 Å². The Morgan fingerprint density at radius 2 is 2.00 bits per heavy atom. The maximum atomic E-state index is 12.5. The summed E-state index contributed by atoms with van der Waals surface area (Å²) in [7, 11) is 3.66. The molecule has 3 heterocycles. The van der Waals surface area contributed by atoms with Crippen LogP contribution in [0.3, 0.4) is 0 Å². The molecule has 0 aromatic carbocycles. The highest BCUT2D eigenvalue weighted by Gasteiger charge is 2.21. The summed E-state index contributed by atoms with van der Waals surface area (Å²) in [4.78, 5) is 21.5. The summed E-state index contributed by atoms with van der Waals surface area (Å²) in [6, 6.07) is 1.89. The summed E-state index contributed by atoms with van der Waals surface area (Å²) in [5.41, 5.74) is 0.657. The van der Waals surface area contributed by atoms with Crippen LogP contribution in [-0.2, 0) is 0 Å². The molecule has 0 unspecified atom stereocenters. The van der Waals surface area contributed by atoms with E-state index in [2.05, 4.69) is 15.1 Å². The van der Waals surface area contributed by atoms with Gasteiger partial charge < -0.3 is 5.01 Å². The van der Waals surface area contributed by atoms with E-state index < -0.39 is 0 Å². The smallest absolute Gasteiger partial charge is 0.279 e. The van der Waals surface area contributed by atoms with E-state index in [1.54, 1.807) is 26.6 Å². The van der Waals surface area contributed by atoms with Crippen molar-refractivity contribution in [1.82, 2.24) is 24.3 Å². The van der Waals surface area contributed by atoms with Gasteiger partial charge in [-0.3, -0.25) is 4.79 Å². The van der Waals surface area contributed by atoms with Gasteiger partial charge >= 0.3 is 0 Å². The molecule has 1 aliphatic carbocycles. The van der Waals surface area contributed by atoms with Crippen molar-refractivity contribution in [3.63, 3.8) is 0 Å². The second-order valence-corrected chi connectivity index (χ2v) is 6.39. The van der Waals surface area contributed by atoms with Gasteiger partial charge in [-0.1, -0.05) is 19.3 Å². The van der Waals surface area contributed by atoms with Gasteiger partial charge in [0.1, 0.15) is 0 Å². The average molecular weight is 312 g/mol. The van der Waals surface area contributed by atoms with Crippen LogP contribution in [0.2, 0.25) is 0 Å². The zero-order valence-electron chi connectivity index (χ0n) is 13.4. The molecule has 1 fully saturated rings. The molecule has 0 N–H and O–H groups in total. The van der Waals surface area contributed by atoms with E-state index in [0.717, 1.165) is 24.2 Å². The molecule has 1 saturated carbocycles. The van der Waals surface area contributed by atoms with Crippen molar-refractivity contribution in [3.05, 3.63) is 34.6 Å². The van der Waals surface area contributed by atoms with Crippen molar-refractivity contribution in [1.29, 1.82) is 0 Å². The molecule has 0 bridgehead atoms. The van der Waals surface area contributed by atoms with Gasteiger partial charge in [0, 0.05) is 32.4 Å². The Morgan fingerprint density at radius 1 is 1.22 bits per heavy atom. The van der Waals surface area contributed by atoms with E-state index in [-0.39, 0.29) is 5.56 Å². The van der Waals surface area contributed by atoms with Crippen LogP contribution in [0.25, 0.3) is 16.7 Å². The van der Waals surface area contributed by atoms with Crippen molar-refractivity contribution < 1.29 is 0 Å². The van der Waals surface area contributed by atoms with Crippen molar-refractivity contribution in [3.8, 4) is 0 Å². The van der Waals surface area contributed by atoms with Gasteiger partial charge in [0.25, 0.3) is 11.3 Å². The van der Waals surface area contributed by atoms with Crippen LogP contribution < -0.4 is 10.6 Å². The largest absolute Gasteiger partial charge is 0.316 e. The molecule has 3 aromatic heterocycles. The third-order valence-corrected chi connectivity index (χ3v) is 4.63. The number of nitrogens with zero attached hydrogens (tertiary/aromatic N) is 6. The minimum atomic E-state index is -0.100. The van der Waals surface area contributed by atoms with E-state index in [1.165, 1.54) is 19.3 Å². The lowest BCUT2D eigenvalue weighted by molar-refractivity contribution is 0.429. The molecule has 3 aromatic rings. The maximum Gasteiger partial charge on any atom is 0.279 e. The number of aromatic nitrogens is 5. The van der Waals surface area contributed by atoms with Crippen molar-refractivity contribution in [2.24, 2.45) is 0 Å². The zero-order valence-corrected chi connectivity index (χ0v) is 13.4. The predicted molar refractivity (Wildman–Crippen MR) is 88.4 cm³/mol. The van der Waals surface area contributed by atoms with E-state index in [9.17, 15) is 4.79 Å². The van der Waals surface area contributed by atoms with Crippen LogP contribution in [0.4, 0.5) is 0 Å². The first-order valence-electron chi connectivity index (χ1n) is 8.10. The lowest BCUT2D eigenvalue weighted by atomic mass is 9.89. The van der Waals surface area contributed by atoms with Crippen molar-refractivity contribution in [2.75, 3.05) is 19.1 Å². The summed E-state index contributed by atoms with van der Waals surface area (Å²) in [6.45, 7) is 0. The highest BCUT2D eigenvalue weighted by atomic mass is 16.1. The minimum absolute atomic E-state index is 0.100. The predicted octanol–water partition coefficient (Wildman–Crippen LogP) is 1.68. The molecule has 0 radical (unpaired) electrons. The lowest BCUT2D eigenvalue weighted by Gasteiger charge is -2.17. The van der Waals surface area contributed by atoms with Crippen LogP contribution in [0.1, 0.15) is 43.8 Å². The van der Waals surface area contributed by atoms with Crippen molar-refractivity contribution in [2.45, 2.75) is 38.0 Å². The van der Waals surface area contributed by atoms with Gasteiger partial charge in [-0.15, -0.1) is 5.10 Å². The quantitative estimate of drug-likeness (QED) is 0.720. The second-order valence-electron chi connectivity index (χ2n) is 6.39. The first-order chi connectivity index (χ1) is 11.1. The van der Waals surface area contributed by atoms with Crippen LogP contribution in [0, 0.1) is 0 Å². The molecule has 4 rings (SSSR count). The number of hydrogen-bond acceptors (Lipinski definition) is 5. The Bertz CT molecular complexity index is 919. The fourth-order valence-electron chi connectivity index (χ4n) is 3.37. The normalized spacial score (nSPS) is 16.3. The number of pyridine rings is 1. The third kappa shape index (κ3) is 2.27. The third-order valence-electron chi connectivity index (χ3n) is 4.63. The Balaban J connectivity index is 1.89. The van der Waals surface area contributed by atoms with Gasteiger partial charge in [0.15, 0.2) is 5.82 Å². The summed E-state index contributed by atoms with van der Waals surface area (Å²) in [5.74, 6) is 1.85. The summed E-state index contributed by atoms with van der Waals surface area (Å²) in [6.07, 6.45) is 9.42.